The molecule has 200 valence electrons. The molecule has 0 spiro atoms. The zero-order valence-electron chi connectivity index (χ0n) is 23.2. The Balaban J connectivity index is 1.21. The molecule has 0 aromatic heterocycles. The predicted molar refractivity (Wildman–Crippen MR) is 159 cm³/mol. The fraction of sp³-hybridized carbons (Fsp3) is 0.433. The number of carbonyl (C=O) groups excluding carboxylic acids is 1. The molecule has 2 N–H and O–H groups in total. The Hall–Kier alpha value is -2.70. The van der Waals surface area contributed by atoms with E-state index in [0.29, 0.717) is 14.1 Å². The summed E-state index contributed by atoms with van der Waals surface area (Å²) in [5.41, 5.74) is 8.83. The number of nitrogens with one attached hydrogen (secondary N) is 2. The summed E-state index contributed by atoms with van der Waals surface area (Å²) in [6, 6.07) is 12.4. The van der Waals surface area contributed by atoms with Crippen molar-refractivity contribution in [3.63, 3.8) is 0 Å². The number of aryl methyl sites for hydroxylation is 2. The van der Waals surface area contributed by atoms with Crippen molar-refractivity contribution in [3.8, 4) is 0 Å². The van der Waals surface area contributed by atoms with E-state index in [1.165, 1.54) is 22.1 Å². The van der Waals surface area contributed by atoms with Crippen molar-refractivity contribution in [2.75, 3.05) is 45.1 Å². The molecule has 1 saturated heterocycles. The third-order valence-corrected chi connectivity index (χ3v) is 9.27. The Bertz CT molecular complexity index is 1310. The van der Waals surface area contributed by atoms with Gasteiger partial charge >= 0.3 is 0 Å². The van der Waals surface area contributed by atoms with E-state index in [-0.39, 0.29) is 17.7 Å². The van der Waals surface area contributed by atoms with Gasteiger partial charge in [0, 0.05) is 64.8 Å². The summed E-state index contributed by atoms with van der Waals surface area (Å²) < 4.78 is 2.28. The lowest BCUT2D eigenvalue weighted by Gasteiger charge is -2.32. The Labute approximate surface area is 228 Å². The number of hydrogen-bond acceptors (Lipinski definition) is 5. The molecular weight excluding hydrogens is 491 g/mol. The maximum atomic E-state index is 13.1. The average Bonchev–Trinajstić information content (AvgIpc) is 2.89. The summed E-state index contributed by atoms with van der Waals surface area (Å²) in [6.07, 6.45) is 4.16. The number of amides is 1. The average molecular weight is 532 g/mol. The van der Waals surface area contributed by atoms with Gasteiger partial charge in [0.15, 0.2) is 5.70 Å². The van der Waals surface area contributed by atoms with Gasteiger partial charge < -0.3 is 10.2 Å². The highest BCUT2D eigenvalue weighted by atomic mass is 31.1. The van der Waals surface area contributed by atoms with E-state index in [9.17, 15) is 4.79 Å². The minimum Gasteiger partial charge on any atom is -0.322 e. The second-order valence-electron chi connectivity index (χ2n) is 10.7. The van der Waals surface area contributed by atoms with E-state index < -0.39 is 0 Å². The van der Waals surface area contributed by atoms with Gasteiger partial charge in [-0.25, -0.2) is 4.99 Å². The van der Waals surface area contributed by atoms with Gasteiger partial charge in [0.2, 0.25) is 11.7 Å². The number of carbonyl (C=O) groups is 1. The fourth-order valence-electron chi connectivity index (χ4n) is 5.29. The van der Waals surface area contributed by atoms with Gasteiger partial charge in [-0.3, -0.25) is 15.0 Å². The molecular formula is C30H40N6OP+. The highest BCUT2D eigenvalue weighted by molar-refractivity contribution is 7.44. The molecule has 0 saturated carbocycles. The van der Waals surface area contributed by atoms with Gasteiger partial charge in [0.25, 0.3) is 5.91 Å². The lowest BCUT2D eigenvalue weighted by Crippen LogP contribution is -2.43. The highest BCUT2D eigenvalue weighted by Crippen LogP contribution is 2.39. The monoisotopic (exact) mass is 531 g/mol. The van der Waals surface area contributed by atoms with Crippen LogP contribution in [0.3, 0.4) is 0 Å². The first-order valence-electron chi connectivity index (χ1n) is 13.7. The Morgan fingerprint density at radius 3 is 2.66 bits per heavy atom. The van der Waals surface area contributed by atoms with Crippen LogP contribution in [0, 0.1) is 13.8 Å². The molecule has 2 aromatic rings. The Kier molecular flexibility index (Phi) is 8.20. The van der Waals surface area contributed by atoms with Gasteiger partial charge in [-0.05, 0) is 81.3 Å². The van der Waals surface area contributed by atoms with E-state index in [2.05, 4.69) is 89.2 Å². The zero-order valence-corrected chi connectivity index (χ0v) is 24.2. The van der Waals surface area contributed by atoms with Crippen molar-refractivity contribution in [3.05, 3.63) is 75.4 Å². The van der Waals surface area contributed by atoms with Gasteiger partial charge in [-0.15, -0.1) is 0 Å². The van der Waals surface area contributed by atoms with Crippen molar-refractivity contribution in [1.29, 1.82) is 0 Å². The number of hydrogen-bond donors (Lipinski definition) is 2. The number of nitrogens with zero attached hydrogens (tertiary/aromatic N) is 4. The SMILES string of the molecule is CC[N+]1=CC2=C1PC(NC(C)c1cc(NC(=O)c3ccc(CN4CCN(C)CC4)c(C)c3)ccc1C)C=N2. The first-order chi connectivity index (χ1) is 18.3. The molecule has 8 heteroatoms. The minimum atomic E-state index is -0.0732. The topological polar surface area (TPSA) is 63.0 Å². The van der Waals surface area contributed by atoms with Gasteiger partial charge in [0.05, 0.1) is 5.78 Å². The molecule has 5 rings (SSSR count). The van der Waals surface area contributed by atoms with Crippen molar-refractivity contribution < 1.29 is 9.37 Å². The molecule has 3 aliphatic rings. The van der Waals surface area contributed by atoms with Crippen molar-refractivity contribution >= 4 is 32.6 Å². The molecule has 38 heavy (non-hydrogen) atoms. The summed E-state index contributed by atoms with van der Waals surface area (Å²) in [5, 5.41) is 6.86. The summed E-state index contributed by atoms with van der Waals surface area (Å²) >= 11 is 0. The molecule has 0 radical (unpaired) electrons. The molecule has 3 atom stereocenters. The largest absolute Gasteiger partial charge is 0.322 e. The van der Waals surface area contributed by atoms with Crippen LogP contribution in [0.2, 0.25) is 0 Å². The van der Waals surface area contributed by atoms with Crippen LogP contribution >= 0.6 is 8.58 Å². The van der Waals surface area contributed by atoms with Crippen molar-refractivity contribution in [1.82, 2.24) is 15.1 Å². The molecule has 3 aliphatic heterocycles. The fourth-order valence-corrected chi connectivity index (χ4v) is 6.73. The number of allylic oxidation sites excluding steroid dienone is 1. The first-order valence-corrected chi connectivity index (χ1v) is 14.7. The van der Waals surface area contributed by atoms with Crippen molar-refractivity contribution in [2.45, 2.75) is 46.1 Å². The van der Waals surface area contributed by atoms with E-state index in [1.807, 2.05) is 24.4 Å². The zero-order chi connectivity index (χ0) is 26.8. The maximum absolute atomic E-state index is 13.1. The maximum Gasteiger partial charge on any atom is 0.255 e. The number of aliphatic imine (C=N–C) groups is 1. The molecule has 3 heterocycles. The second kappa shape index (κ2) is 11.6. The van der Waals surface area contributed by atoms with Gasteiger partial charge in [-0.1, -0.05) is 12.1 Å². The summed E-state index contributed by atoms with van der Waals surface area (Å²) in [5.74, 6) is 0.146. The van der Waals surface area contributed by atoms with Crippen LogP contribution < -0.4 is 10.6 Å². The molecule has 3 unspecified atom stereocenters. The number of rotatable bonds is 8. The smallest absolute Gasteiger partial charge is 0.255 e. The molecule has 7 nitrogen and oxygen atoms in total. The van der Waals surface area contributed by atoms with E-state index in [1.54, 1.807) is 0 Å². The second-order valence-corrected chi connectivity index (χ2v) is 12.1. The van der Waals surface area contributed by atoms with Crippen molar-refractivity contribution in [2.24, 2.45) is 4.99 Å². The highest BCUT2D eigenvalue weighted by Gasteiger charge is 2.33. The normalized spacial score (nSPS) is 21.2. The van der Waals surface area contributed by atoms with Crippen LogP contribution in [-0.2, 0) is 6.54 Å². The minimum absolute atomic E-state index is 0.0732. The standard InChI is InChI=1S/C30H39N6OP/c1-6-36-19-27-30(36)38-28(17-31-27)32-22(4)26-16-25(10-7-20(26)2)33-29(37)23-8-9-24(21(3)15-23)18-35-13-11-34(5)12-14-35/h7-10,15-17,19,22,28,32,38H,6,11-14,18H2,1-5H3/p+1. The molecule has 0 bridgehead atoms. The lowest BCUT2D eigenvalue weighted by molar-refractivity contribution is -0.467. The number of likely N-dealkylation sites (N-methyl/N-ethyl adjacent to an activating group) is 1. The van der Waals surface area contributed by atoms with E-state index in [0.717, 1.165) is 56.2 Å². The number of piperazine rings is 1. The number of anilines is 1. The van der Waals surface area contributed by atoms with Crippen LogP contribution in [0.25, 0.3) is 0 Å². The molecule has 1 amide bonds. The van der Waals surface area contributed by atoms with Crippen LogP contribution in [0.5, 0.6) is 0 Å². The van der Waals surface area contributed by atoms with Gasteiger partial charge in [-0.2, -0.15) is 4.58 Å². The van der Waals surface area contributed by atoms with E-state index >= 15 is 0 Å². The Morgan fingerprint density at radius 1 is 1.13 bits per heavy atom. The summed E-state index contributed by atoms with van der Waals surface area (Å²) in [7, 11) is 2.84. The third-order valence-electron chi connectivity index (χ3n) is 7.83. The van der Waals surface area contributed by atoms with Gasteiger partial charge in [0.1, 0.15) is 6.54 Å². The quantitative estimate of drug-likeness (QED) is 0.393. The van der Waals surface area contributed by atoms with Crippen LogP contribution in [0.1, 0.15) is 52.5 Å². The summed E-state index contributed by atoms with van der Waals surface area (Å²) in [6.45, 7) is 14.9. The molecule has 0 aliphatic carbocycles. The first kappa shape index (κ1) is 26.9. The third kappa shape index (κ3) is 5.97. The predicted octanol–water partition coefficient (Wildman–Crippen LogP) is 4.33. The summed E-state index contributed by atoms with van der Waals surface area (Å²) in [4.78, 5) is 22.6. The lowest BCUT2D eigenvalue weighted by atomic mass is 10.0. The van der Waals surface area contributed by atoms with Crippen LogP contribution in [0.15, 0.2) is 52.5 Å². The van der Waals surface area contributed by atoms with Crippen LogP contribution in [-0.4, -0.2) is 78.3 Å². The number of benzene rings is 2. The Morgan fingerprint density at radius 2 is 1.92 bits per heavy atom. The molecule has 1 fully saturated rings. The van der Waals surface area contributed by atoms with E-state index in [4.69, 9.17) is 0 Å². The van der Waals surface area contributed by atoms with Crippen LogP contribution in [0.4, 0.5) is 5.69 Å². The molecule has 2 aromatic carbocycles.